The van der Waals surface area contributed by atoms with Crippen LogP contribution in [0.3, 0.4) is 0 Å². The summed E-state index contributed by atoms with van der Waals surface area (Å²) in [6, 6.07) is 6.73. The molecule has 2 aromatic heterocycles. The van der Waals surface area contributed by atoms with Crippen molar-refractivity contribution in [3.05, 3.63) is 52.9 Å². The van der Waals surface area contributed by atoms with Crippen LogP contribution in [-0.4, -0.2) is 23.0 Å². The molecule has 1 N–H and O–H groups in total. The molecular formula is C13H12ClN3O2. The lowest BCUT2D eigenvalue weighted by atomic mass is 10.2. The minimum Gasteiger partial charge on any atom is -0.481 e. The highest BCUT2D eigenvalue weighted by Crippen LogP contribution is 2.13. The number of halogens is 1. The van der Waals surface area contributed by atoms with Crippen molar-refractivity contribution in [2.24, 2.45) is 0 Å². The smallest absolute Gasteiger partial charge is 0.251 e. The van der Waals surface area contributed by atoms with Gasteiger partial charge in [0.2, 0.25) is 5.88 Å². The van der Waals surface area contributed by atoms with Crippen molar-refractivity contribution in [1.82, 2.24) is 15.3 Å². The Morgan fingerprint density at radius 3 is 2.95 bits per heavy atom. The summed E-state index contributed by atoms with van der Waals surface area (Å²) in [6.07, 6.45) is 3.12. The highest BCUT2D eigenvalue weighted by molar-refractivity contribution is 6.29. The summed E-state index contributed by atoms with van der Waals surface area (Å²) >= 11 is 5.73. The van der Waals surface area contributed by atoms with Crippen molar-refractivity contribution < 1.29 is 9.53 Å². The first-order chi connectivity index (χ1) is 9.20. The molecule has 1 amide bonds. The van der Waals surface area contributed by atoms with Gasteiger partial charge in [-0.1, -0.05) is 17.7 Å². The van der Waals surface area contributed by atoms with E-state index in [1.807, 2.05) is 6.07 Å². The maximum Gasteiger partial charge on any atom is 0.251 e. The third-order valence-electron chi connectivity index (χ3n) is 2.47. The average molecular weight is 278 g/mol. The van der Waals surface area contributed by atoms with Gasteiger partial charge in [-0.3, -0.25) is 4.79 Å². The van der Waals surface area contributed by atoms with Gasteiger partial charge < -0.3 is 10.1 Å². The SMILES string of the molecule is COc1ncccc1CNC(=O)c1ccnc(Cl)c1. The Labute approximate surface area is 115 Å². The normalized spacial score (nSPS) is 10.0. The number of hydrogen-bond donors (Lipinski definition) is 1. The maximum atomic E-state index is 11.9. The number of carbonyl (C=O) groups excluding carboxylic acids is 1. The van der Waals surface area contributed by atoms with E-state index in [1.54, 1.807) is 18.3 Å². The van der Waals surface area contributed by atoms with Gasteiger partial charge in [0.15, 0.2) is 0 Å². The first-order valence-electron chi connectivity index (χ1n) is 5.58. The zero-order valence-electron chi connectivity index (χ0n) is 10.3. The third kappa shape index (κ3) is 3.42. The number of ether oxygens (including phenoxy) is 1. The van der Waals surface area contributed by atoms with Gasteiger partial charge in [0, 0.05) is 30.1 Å². The number of carbonyl (C=O) groups is 1. The summed E-state index contributed by atoms with van der Waals surface area (Å²) in [6.45, 7) is 0.329. The molecule has 2 rings (SSSR count). The van der Waals surface area contributed by atoms with Crippen molar-refractivity contribution in [2.75, 3.05) is 7.11 Å². The molecule has 0 aromatic carbocycles. The van der Waals surface area contributed by atoms with Crippen LogP contribution in [0.5, 0.6) is 5.88 Å². The van der Waals surface area contributed by atoms with Gasteiger partial charge in [-0.15, -0.1) is 0 Å². The molecule has 6 heteroatoms. The Morgan fingerprint density at radius 1 is 1.37 bits per heavy atom. The molecule has 0 saturated carbocycles. The minimum atomic E-state index is -0.227. The molecule has 0 radical (unpaired) electrons. The molecular weight excluding hydrogens is 266 g/mol. The molecule has 5 nitrogen and oxygen atoms in total. The van der Waals surface area contributed by atoms with Gasteiger partial charge >= 0.3 is 0 Å². The van der Waals surface area contributed by atoms with Crippen molar-refractivity contribution in [3.8, 4) is 5.88 Å². The monoisotopic (exact) mass is 277 g/mol. The topological polar surface area (TPSA) is 64.1 Å². The van der Waals surface area contributed by atoms with E-state index in [4.69, 9.17) is 16.3 Å². The van der Waals surface area contributed by atoms with Gasteiger partial charge in [0.25, 0.3) is 5.91 Å². The van der Waals surface area contributed by atoms with Crippen LogP contribution in [-0.2, 0) is 6.54 Å². The molecule has 2 heterocycles. The highest BCUT2D eigenvalue weighted by Gasteiger charge is 2.08. The van der Waals surface area contributed by atoms with E-state index in [0.29, 0.717) is 18.0 Å². The summed E-state index contributed by atoms with van der Waals surface area (Å²) in [5, 5.41) is 3.06. The molecule has 0 atom stereocenters. The fourth-order valence-corrected chi connectivity index (χ4v) is 1.74. The largest absolute Gasteiger partial charge is 0.481 e. The summed E-state index contributed by atoms with van der Waals surface area (Å²) in [5.41, 5.74) is 1.27. The van der Waals surface area contributed by atoms with Crippen LogP contribution in [0.4, 0.5) is 0 Å². The van der Waals surface area contributed by atoms with Crippen molar-refractivity contribution in [3.63, 3.8) is 0 Å². The predicted octanol–water partition coefficient (Wildman–Crippen LogP) is 2.07. The number of hydrogen-bond acceptors (Lipinski definition) is 4. The van der Waals surface area contributed by atoms with E-state index in [9.17, 15) is 4.79 Å². The molecule has 0 aliphatic rings. The second-order valence-electron chi connectivity index (χ2n) is 3.72. The standard InChI is InChI=1S/C13H12ClN3O2/c1-19-13-10(3-2-5-16-13)8-17-12(18)9-4-6-15-11(14)7-9/h2-7H,8H2,1H3,(H,17,18). The molecule has 0 bridgehead atoms. The zero-order chi connectivity index (χ0) is 13.7. The van der Waals surface area contributed by atoms with E-state index < -0.39 is 0 Å². The zero-order valence-corrected chi connectivity index (χ0v) is 11.0. The Morgan fingerprint density at radius 2 is 2.21 bits per heavy atom. The molecule has 19 heavy (non-hydrogen) atoms. The van der Waals surface area contributed by atoms with Gasteiger partial charge in [0.1, 0.15) is 5.15 Å². The lowest BCUT2D eigenvalue weighted by molar-refractivity contribution is 0.0950. The average Bonchev–Trinajstić information content (AvgIpc) is 2.45. The molecule has 0 saturated heterocycles. The van der Waals surface area contributed by atoms with Gasteiger partial charge in [0.05, 0.1) is 7.11 Å². The van der Waals surface area contributed by atoms with Gasteiger partial charge in [-0.25, -0.2) is 9.97 Å². The third-order valence-corrected chi connectivity index (χ3v) is 2.68. The van der Waals surface area contributed by atoms with Crippen molar-refractivity contribution >= 4 is 17.5 Å². The summed E-state index contributed by atoms with van der Waals surface area (Å²) in [7, 11) is 1.54. The van der Waals surface area contributed by atoms with Crippen LogP contribution in [0.1, 0.15) is 15.9 Å². The number of pyridine rings is 2. The molecule has 0 aliphatic carbocycles. The van der Waals surface area contributed by atoms with Gasteiger partial charge in [-0.05, 0) is 18.2 Å². The second kappa shape index (κ2) is 6.15. The van der Waals surface area contributed by atoms with E-state index >= 15 is 0 Å². The Bertz CT molecular complexity index is 590. The first kappa shape index (κ1) is 13.3. The maximum absolute atomic E-state index is 11.9. The Kier molecular flexibility index (Phi) is 4.30. The lowest BCUT2D eigenvalue weighted by Gasteiger charge is -2.08. The lowest BCUT2D eigenvalue weighted by Crippen LogP contribution is -2.23. The summed E-state index contributed by atoms with van der Waals surface area (Å²) < 4.78 is 5.11. The van der Waals surface area contributed by atoms with Crippen LogP contribution in [0.25, 0.3) is 0 Å². The van der Waals surface area contributed by atoms with E-state index in [0.717, 1.165) is 5.56 Å². The van der Waals surface area contributed by atoms with Crippen molar-refractivity contribution in [2.45, 2.75) is 6.54 Å². The fourth-order valence-electron chi connectivity index (χ4n) is 1.56. The van der Waals surface area contributed by atoms with Gasteiger partial charge in [-0.2, -0.15) is 0 Å². The second-order valence-corrected chi connectivity index (χ2v) is 4.11. The highest BCUT2D eigenvalue weighted by atomic mass is 35.5. The molecule has 0 unspecified atom stereocenters. The van der Waals surface area contributed by atoms with Crippen LogP contribution >= 0.6 is 11.6 Å². The summed E-state index contributed by atoms with van der Waals surface area (Å²) in [5.74, 6) is 0.269. The Balaban J connectivity index is 2.04. The molecule has 0 spiro atoms. The van der Waals surface area contributed by atoms with Crippen LogP contribution < -0.4 is 10.1 Å². The number of nitrogens with zero attached hydrogens (tertiary/aromatic N) is 2. The number of rotatable bonds is 4. The number of methoxy groups -OCH3 is 1. The number of nitrogens with one attached hydrogen (secondary N) is 1. The number of aromatic nitrogens is 2. The Hall–Kier alpha value is -2.14. The van der Waals surface area contributed by atoms with E-state index in [2.05, 4.69) is 15.3 Å². The van der Waals surface area contributed by atoms with Crippen LogP contribution in [0, 0.1) is 0 Å². The van der Waals surface area contributed by atoms with Crippen LogP contribution in [0.2, 0.25) is 5.15 Å². The summed E-state index contributed by atoms with van der Waals surface area (Å²) in [4.78, 5) is 19.8. The molecule has 2 aromatic rings. The van der Waals surface area contributed by atoms with E-state index in [-0.39, 0.29) is 11.1 Å². The first-order valence-corrected chi connectivity index (χ1v) is 5.96. The fraction of sp³-hybridized carbons (Fsp3) is 0.154. The quantitative estimate of drug-likeness (QED) is 0.869. The molecule has 0 aliphatic heterocycles. The minimum absolute atomic E-state index is 0.227. The van der Waals surface area contributed by atoms with Crippen LogP contribution in [0.15, 0.2) is 36.7 Å². The number of amides is 1. The van der Waals surface area contributed by atoms with E-state index in [1.165, 1.54) is 19.4 Å². The van der Waals surface area contributed by atoms with Crippen molar-refractivity contribution in [1.29, 1.82) is 0 Å². The molecule has 98 valence electrons. The predicted molar refractivity (Wildman–Crippen MR) is 71.2 cm³/mol. The molecule has 0 fully saturated rings.